The summed E-state index contributed by atoms with van der Waals surface area (Å²) in [5.41, 5.74) is 3.86. The number of hydrogen-bond donors (Lipinski definition) is 1. The standard InChI is InChI=1S/C12H17N3S/c1-2-9-8-6-13-7-10(8)15-12(14-9)11-4-3-5-16-11/h11,13H,2-7H2,1H3. The minimum atomic E-state index is 0.552. The minimum Gasteiger partial charge on any atom is -0.307 e. The summed E-state index contributed by atoms with van der Waals surface area (Å²) in [4.78, 5) is 9.52. The highest BCUT2D eigenvalue weighted by Gasteiger charge is 2.24. The van der Waals surface area contributed by atoms with Gasteiger partial charge in [0.15, 0.2) is 0 Å². The minimum absolute atomic E-state index is 0.552. The molecule has 4 heteroatoms. The van der Waals surface area contributed by atoms with Crippen LogP contribution in [0.3, 0.4) is 0 Å². The maximum Gasteiger partial charge on any atom is 0.141 e. The van der Waals surface area contributed by atoms with Crippen LogP contribution in [-0.4, -0.2) is 15.7 Å². The van der Waals surface area contributed by atoms with Gasteiger partial charge in [-0.2, -0.15) is 11.8 Å². The molecule has 1 atom stereocenters. The Hall–Kier alpha value is -0.610. The Morgan fingerprint density at radius 3 is 3.06 bits per heavy atom. The topological polar surface area (TPSA) is 37.8 Å². The molecule has 0 bridgehead atoms. The molecule has 2 aliphatic heterocycles. The van der Waals surface area contributed by atoms with Gasteiger partial charge in [0, 0.05) is 24.3 Å². The lowest BCUT2D eigenvalue weighted by Crippen LogP contribution is -2.07. The van der Waals surface area contributed by atoms with Gasteiger partial charge in [0.25, 0.3) is 0 Å². The van der Waals surface area contributed by atoms with E-state index in [1.54, 1.807) is 0 Å². The third kappa shape index (κ3) is 1.74. The molecule has 0 aliphatic carbocycles. The molecule has 86 valence electrons. The van der Waals surface area contributed by atoms with Gasteiger partial charge in [0.2, 0.25) is 0 Å². The van der Waals surface area contributed by atoms with Crippen LogP contribution in [0.4, 0.5) is 0 Å². The maximum atomic E-state index is 4.77. The van der Waals surface area contributed by atoms with Gasteiger partial charge < -0.3 is 5.32 Å². The molecule has 0 aromatic carbocycles. The summed E-state index contributed by atoms with van der Waals surface area (Å²) in [5, 5.41) is 3.92. The number of thioether (sulfide) groups is 1. The highest BCUT2D eigenvalue weighted by molar-refractivity contribution is 7.99. The summed E-state index contributed by atoms with van der Waals surface area (Å²) in [5.74, 6) is 2.35. The van der Waals surface area contributed by atoms with E-state index in [0.29, 0.717) is 5.25 Å². The van der Waals surface area contributed by atoms with Crippen LogP contribution in [0.15, 0.2) is 0 Å². The SMILES string of the molecule is CCc1nc(C2CCCS2)nc2c1CNC2. The van der Waals surface area contributed by atoms with Crippen LogP contribution >= 0.6 is 11.8 Å². The molecule has 3 nitrogen and oxygen atoms in total. The zero-order valence-electron chi connectivity index (χ0n) is 9.62. The Kier molecular flexibility index (Phi) is 2.86. The Morgan fingerprint density at radius 2 is 2.31 bits per heavy atom. The average molecular weight is 235 g/mol. The van der Waals surface area contributed by atoms with Gasteiger partial charge in [-0.15, -0.1) is 0 Å². The Balaban J connectivity index is 2.00. The molecule has 0 amide bonds. The summed E-state index contributed by atoms with van der Waals surface area (Å²) in [7, 11) is 0. The van der Waals surface area contributed by atoms with Crippen molar-refractivity contribution in [1.29, 1.82) is 0 Å². The number of nitrogens with zero attached hydrogens (tertiary/aromatic N) is 2. The quantitative estimate of drug-likeness (QED) is 0.853. The van der Waals surface area contributed by atoms with Gasteiger partial charge in [0.1, 0.15) is 5.82 Å². The van der Waals surface area contributed by atoms with E-state index in [-0.39, 0.29) is 0 Å². The van der Waals surface area contributed by atoms with Crippen molar-refractivity contribution in [3.8, 4) is 0 Å². The van der Waals surface area contributed by atoms with Gasteiger partial charge in [-0.05, 0) is 25.0 Å². The lowest BCUT2D eigenvalue weighted by molar-refractivity contribution is 0.745. The van der Waals surface area contributed by atoms with Crippen molar-refractivity contribution in [3.63, 3.8) is 0 Å². The highest BCUT2D eigenvalue weighted by Crippen LogP contribution is 2.38. The van der Waals surface area contributed by atoms with E-state index in [0.717, 1.165) is 25.3 Å². The van der Waals surface area contributed by atoms with E-state index in [1.165, 1.54) is 35.5 Å². The fraction of sp³-hybridized carbons (Fsp3) is 0.667. The van der Waals surface area contributed by atoms with Crippen molar-refractivity contribution in [3.05, 3.63) is 22.8 Å². The largest absolute Gasteiger partial charge is 0.307 e. The fourth-order valence-electron chi connectivity index (χ4n) is 2.48. The predicted octanol–water partition coefficient (Wildman–Crippen LogP) is 2.21. The summed E-state index contributed by atoms with van der Waals surface area (Å²) in [6.45, 7) is 4.07. The number of hydrogen-bond acceptors (Lipinski definition) is 4. The van der Waals surface area contributed by atoms with E-state index in [2.05, 4.69) is 12.2 Å². The first-order valence-electron chi connectivity index (χ1n) is 6.09. The third-order valence-electron chi connectivity index (χ3n) is 3.34. The summed E-state index contributed by atoms with van der Waals surface area (Å²) < 4.78 is 0. The normalized spacial score (nSPS) is 23.7. The molecule has 1 aromatic heterocycles. The van der Waals surface area contributed by atoms with Crippen molar-refractivity contribution >= 4 is 11.8 Å². The Morgan fingerprint density at radius 1 is 1.38 bits per heavy atom. The number of aromatic nitrogens is 2. The second kappa shape index (κ2) is 4.34. The monoisotopic (exact) mass is 235 g/mol. The lowest BCUT2D eigenvalue weighted by Gasteiger charge is -2.11. The van der Waals surface area contributed by atoms with E-state index in [4.69, 9.17) is 9.97 Å². The molecule has 1 fully saturated rings. The van der Waals surface area contributed by atoms with Gasteiger partial charge in [-0.1, -0.05) is 6.92 Å². The van der Waals surface area contributed by atoms with Crippen LogP contribution in [0, 0.1) is 0 Å². The van der Waals surface area contributed by atoms with Crippen molar-refractivity contribution in [2.75, 3.05) is 5.75 Å². The molecule has 16 heavy (non-hydrogen) atoms. The summed E-state index contributed by atoms with van der Waals surface area (Å²) in [6.07, 6.45) is 3.59. The van der Waals surface area contributed by atoms with Crippen LogP contribution in [0.25, 0.3) is 0 Å². The Labute approximate surface area is 100 Å². The second-order valence-electron chi connectivity index (χ2n) is 4.41. The van der Waals surface area contributed by atoms with Crippen molar-refractivity contribution in [2.24, 2.45) is 0 Å². The first-order chi connectivity index (χ1) is 7.88. The number of nitrogens with one attached hydrogen (secondary N) is 1. The number of fused-ring (bicyclic) bond motifs is 1. The van der Waals surface area contributed by atoms with Crippen molar-refractivity contribution < 1.29 is 0 Å². The molecule has 1 N–H and O–H groups in total. The van der Waals surface area contributed by atoms with E-state index >= 15 is 0 Å². The zero-order valence-corrected chi connectivity index (χ0v) is 10.4. The van der Waals surface area contributed by atoms with Crippen molar-refractivity contribution in [1.82, 2.24) is 15.3 Å². The predicted molar refractivity (Wildman–Crippen MR) is 66.4 cm³/mol. The van der Waals surface area contributed by atoms with Crippen LogP contribution in [0.1, 0.15) is 47.8 Å². The third-order valence-corrected chi connectivity index (χ3v) is 4.72. The lowest BCUT2D eigenvalue weighted by atomic mass is 10.1. The fourth-order valence-corrected chi connectivity index (χ4v) is 3.68. The molecule has 1 saturated heterocycles. The van der Waals surface area contributed by atoms with E-state index in [1.807, 2.05) is 11.8 Å². The van der Waals surface area contributed by atoms with Gasteiger partial charge >= 0.3 is 0 Å². The first kappa shape index (κ1) is 10.5. The summed E-state index contributed by atoms with van der Waals surface area (Å²) in [6, 6.07) is 0. The molecular weight excluding hydrogens is 218 g/mol. The maximum absolute atomic E-state index is 4.77. The molecule has 2 aliphatic rings. The zero-order chi connectivity index (χ0) is 11.0. The molecule has 0 spiro atoms. The smallest absolute Gasteiger partial charge is 0.141 e. The van der Waals surface area contributed by atoms with Crippen LogP contribution in [-0.2, 0) is 19.5 Å². The molecule has 1 aromatic rings. The van der Waals surface area contributed by atoms with E-state index in [9.17, 15) is 0 Å². The first-order valence-corrected chi connectivity index (χ1v) is 7.14. The van der Waals surface area contributed by atoms with E-state index < -0.39 is 0 Å². The molecular formula is C12H17N3S. The average Bonchev–Trinajstić information content (AvgIpc) is 2.97. The molecule has 3 rings (SSSR count). The number of aryl methyl sites for hydroxylation is 1. The molecule has 3 heterocycles. The highest BCUT2D eigenvalue weighted by atomic mass is 32.2. The van der Waals surface area contributed by atoms with Gasteiger partial charge in [-0.25, -0.2) is 9.97 Å². The van der Waals surface area contributed by atoms with Crippen molar-refractivity contribution in [2.45, 2.75) is 44.5 Å². The second-order valence-corrected chi connectivity index (χ2v) is 5.72. The molecule has 0 saturated carbocycles. The molecule has 0 radical (unpaired) electrons. The van der Waals surface area contributed by atoms with Crippen LogP contribution in [0.5, 0.6) is 0 Å². The van der Waals surface area contributed by atoms with Crippen LogP contribution < -0.4 is 5.32 Å². The number of rotatable bonds is 2. The van der Waals surface area contributed by atoms with Gasteiger partial charge in [-0.3, -0.25) is 0 Å². The summed E-state index contributed by atoms with van der Waals surface area (Å²) >= 11 is 2.01. The van der Waals surface area contributed by atoms with Gasteiger partial charge in [0.05, 0.1) is 10.9 Å². The Bertz CT molecular complexity index is 399. The molecule has 1 unspecified atom stereocenters. The van der Waals surface area contributed by atoms with Crippen LogP contribution in [0.2, 0.25) is 0 Å².